The molecular formula is C16H20O2. The van der Waals surface area contributed by atoms with Gasteiger partial charge in [-0.25, -0.2) is 0 Å². The molecule has 96 valence electrons. The molecule has 1 aromatic rings. The third-order valence-electron chi connectivity index (χ3n) is 3.69. The van der Waals surface area contributed by atoms with E-state index in [4.69, 9.17) is 0 Å². The first-order valence-corrected chi connectivity index (χ1v) is 6.29. The predicted molar refractivity (Wildman–Crippen MR) is 73.6 cm³/mol. The number of carbonyl (C=O) groups is 1. The second-order valence-corrected chi connectivity index (χ2v) is 5.98. The number of allylic oxidation sites excluding steroid dienone is 2. The smallest absolute Gasteiger partial charge is 0.167 e. The molecule has 2 rings (SSSR count). The molecule has 1 aliphatic rings. The lowest BCUT2D eigenvalue weighted by molar-refractivity contribution is -0.114. The Morgan fingerprint density at radius 1 is 1.11 bits per heavy atom. The minimum atomic E-state index is -0.434. The maximum absolute atomic E-state index is 12.2. The predicted octanol–water partition coefficient (Wildman–Crippen LogP) is 3.88. The molecule has 1 aliphatic carbocycles. The van der Waals surface area contributed by atoms with Crippen molar-refractivity contribution < 1.29 is 9.90 Å². The van der Waals surface area contributed by atoms with E-state index in [0.29, 0.717) is 12.0 Å². The van der Waals surface area contributed by atoms with Gasteiger partial charge in [0, 0.05) is 11.8 Å². The summed E-state index contributed by atoms with van der Waals surface area (Å²) in [5.74, 6) is 0.287. The molecule has 0 bridgehead atoms. The van der Waals surface area contributed by atoms with Crippen LogP contribution in [0.25, 0.3) is 5.57 Å². The van der Waals surface area contributed by atoms with Crippen molar-refractivity contribution in [1.82, 2.24) is 0 Å². The lowest BCUT2D eigenvalue weighted by atomic mass is 9.90. The lowest BCUT2D eigenvalue weighted by Gasteiger charge is -2.16. The van der Waals surface area contributed by atoms with Gasteiger partial charge in [-0.05, 0) is 37.5 Å². The monoisotopic (exact) mass is 244 g/mol. The van der Waals surface area contributed by atoms with Crippen LogP contribution in [0, 0.1) is 26.2 Å². The molecule has 0 aliphatic heterocycles. The highest BCUT2D eigenvalue weighted by Crippen LogP contribution is 2.44. The Kier molecular flexibility index (Phi) is 2.84. The molecule has 2 nitrogen and oxygen atoms in total. The van der Waals surface area contributed by atoms with E-state index in [1.807, 2.05) is 34.6 Å². The molecule has 2 heteroatoms. The van der Waals surface area contributed by atoms with Crippen LogP contribution in [-0.4, -0.2) is 10.9 Å². The van der Waals surface area contributed by atoms with Crippen LogP contribution in [0.1, 0.15) is 42.5 Å². The van der Waals surface area contributed by atoms with Crippen LogP contribution in [0.5, 0.6) is 0 Å². The van der Waals surface area contributed by atoms with Crippen LogP contribution in [0.2, 0.25) is 0 Å². The molecular weight excluding hydrogens is 224 g/mol. The zero-order valence-corrected chi connectivity index (χ0v) is 11.7. The van der Waals surface area contributed by atoms with Crippen molar-refractivity contribution in [2.24, 2.45) is 5.41 Å². The summed E-state index contributed by atoms with van der Waals surface area (Å²) in [6, 6.07) is 4.11. The van der Waals surface area contributed by atoms with Crippen molar-refractivity contribution >= 4 is 11.4 Å². The zero-order chi connectivity index (χ0) is 13.7. The minimum absolute atomic E-state index is 0.0487. The molecule has 0 saturated heterocycles. The third kappa shape index (κ3) is 1.86. The van der Waals surface area contributed by atoms with Gasteiger partial charge in [-0.2, -0.15) is 0 Å². The summed E-state index contributed by atoms with van der Waals surface area (Å²) >= 11 is 0. The number of aliphatic hydroxyl groups is 1. The quantitative estimate of drug-likeness (QED) is 0.814. The van der Waals surface area contributed by atoms with E-state index in [9.17, 15) is 9.90 Å². The average Bonchev–Trinajstić information content (AvgIpc) is 2.38. The summed E-state index contributed by atoms with van der Waals surface area (Å²) in [6.07, 6.45) is 0.390. The van der Waals surface area contributed by atoms with Crippen molar-refractivity contribution in [2.45, 2.75) is 41.0 Å². The Labute approximate surface area is 108 Å². The van der Waals surface area contributed by atoms with Crippen molar-refractivity contribution in [3.05, 3.63) is 40.1 Å². The molecule has 0 aromatic heterocycles. The molecule has 0 heterocycles. The molecule has 0 unspecified atom stereocenters. The van der Waals surface area contributed by atoms with Gasteiger partial charge in [-0.3, -0.25) is 4.79 Å². The molecule has 0 amide bonds. The number of benzene rings is 1. The maximum atomic E-state index is 12.2. The number of hydrogen-bond acceptors (Lipinski definition) is 2. The fourth-order valence-electron chi connectivity index (χ4n) is 2.88. The fourth-order valence-corrected chi connectivity index (χ4v) is 2.88. The van der Waals surface area contributed by atoms with E-state index in [-0.39, 0.29) is 11.5 Å². The third-order valence-corrected chi connectivity index (χ3v) is 3.69. The Morgan fingerprint density at radius 3 is 2.00 bits per heavy atom. The van der Waals surface area contributed by atoms with Crippen LogP contribution in [0.3, 0.4) is 0 Å². The fraction of sp³-hybridized carbons (Fsp3) is 0.438. The molecule has 0 radical (unpaired) electrons. The van der Waals surface area contributed by atoms with Crippen LogP contribution in [0.4, 0.5) is 0 Å². The molecule has 1 aromatic carbocycles. The van der Waals surface area contributed by atoms with Gasteiger partial charge in [-0.15, -0.1) is 0 Å². The van der Waals surface area contributed by atoms with Gasteiger partial charge < -0.3 is 5.11 Å². The first-order chi connectivity index (χ1) is 8.24. The van der Waals surface area contributed by atoms with Crippen LogP contribution >= 0.6 is 0 Å². The van der Waals surface area contributed by atoms with Gasteiger partial charge >= 0.3 is 0 Å². The standard InChI is InChI=1S/C16H20O2/c1-9-6-10(2)13(11(3)7-9)14-12(17)8-16(4,5)15(14)18/h6-7,18H,8H2,1-5H3. The summed E-state index contributed by atoms with van der Waals surface area (Å²) in [5, 5.41) is 10.3. The molecule has 1 N–H and O–H groups in total. The Hall–Kier alpha value is -1.57. The van der Waals surface area contributed by atoms with Crippen molar-refractivity contribution in [2.75, 3.05) is 0 Å². The number of hydrogen-bond donors (Lipinski definition) is 1. The van der Waals surface area contributed by atoms with Crippen molar-refractivity contribution in [3.8, 4) is 0 Å². The van der Waals surface area contributed by atoms with Crippen LogP contribution < -0.4 is 0 Å². The second-order valence-electron chi connectivity index (χ2n) is 5.98. The topological polar surface area (TPSA) is 37.3 Å². The number of carbonyl (C=O) groups excluding carboxylic acids is 1. The number of aliphatic hydroxyl groups excluding tert-OH is 1. The first-order valence-electron chi connectivity index (χ1n) is 6.29. The molecule has 0 saturated carbocycles. The minimum Gasteiger partial charge on any atom is -0.511 e. The summed E-state index contributed by atoms with van der Waals surface area (Å²) < 4.78 is 0. The van der Waals surface area contributed by atoms with Gasteiger partial charge in [-0.1, -0.05) is 31.5 Å². The molecule has 0 spiro atoms. The Bertz CT molecular complexity index is 539. The first kappa shape index (κ1) is 12.9. The summed E-state index contributed by atoms with van der Waals surface area (Å²) in [6.45, 7) is 9.85. The molecule has 18 heavy (non-hydrogen) atoms. The summed E-state index contributed by atoms with van der Waals surface area (Å²) in [7, 11) is 0. The maximum Gasteiger partial charge on any atom is 0.167 e. The van der Waals surface area contributed by atoms with E-state index in [2.05, 4.69) is 12.1 Å². The van der Waals surface area contributed by atoms with Crippen LogP contribution in [-0.2, 0) is 4.79 Å². The van der Waals surface area contributed by atoms with Gasteiger partial charge in [0.2, 0.25) is 0 Å². The number of Topliss-reactive ketones (excluding diaryl/α,β-unsaturated/α-hetero) is 1. The summed E-state index contributed by atoms with van der Waals surface area (Å²) in [5.41, 5.74) is 4.29. The van der Waals surface area contributed by atoms with E-state index in [0.717, 1.165) is 16.7 Å². The molecule has 0 atom stereocenters. The number of ketones is 1. The van der Waals surface area contributed by atoms with E-state index in [1.165, 1.54) is 5.56 Å². The van der Waals surface area contributed by atoms with E-state index < -0.39 is 5.41 Å². The lowest BCUT2D eigenvalue weighted by Crippen LogP contribution is -2.10. The van der Waals surface area contributed by atoms with Crippen LogP contribution in [0.15, 0.2) is 17.9 Å². The van der Waals surface area contributed by atoms with E-state index >= 15 is 0 Å². The Balaban J connectivity index is 2.71. The average molecular weight is 244 g/mol. The van der Waals surface area contributed by atoms with Crippen molar-refractivity contribution in [3.63, 3.8) is 0 Å². The second kappa shape index (κ2) is 3.98. The van der Waals surface area contributed by atoms with Gasteiger partial charge in [0.15, 0.2) is 5.78 Å². The highest BCUT2D eigenvalue weighted by molar-refractivity contribution is 6.24. The highest BCUT2D eigenvalue weighted by Gasteiger charge is 2.40. The van der Waals surface area contributed by atoms with Gasteiger partial charge in [0.1, 0.15) is 5.76 Å². The number of aryl methyl sites for hydroxylation is 3. The summed E-state index contributed by atoms with van der Waals surface area (Å²) in [4.78, 5) is 12.2. The van der Waals surface area contributed by atoms with Gasteiger partial charge in [0.25, 0.3) is 0 Å². The Morgan fingerprint density at radius 2 is 1.61 bits per heavy atom. The highest BCUT2D eigenvalue weighted by atomic mass is 16.3. The normalized spacial score (nSPS) is 18.6. The van der Waals surface area contributed by atoms with E-state index in [1.54, 1.807) is 0 Å². The number of rotatable bonds is 1. The molecule has 0 fully saturated rings. The largest absolute Gasteiger partial charge is 0.511 e. The SMILES string of the molecule is Cc1cc(C)c(C2=C(O)C(C)(C)CC2=O)c(C)c1. The van der Waals surface area contributed by atoms with Crippen molar-refractivity contribution in [1.29, 1.82) is 0 Å². The van der Waals surface area contributed by atoms with Gasteiger partial charge in [0.05, 0.1) is 5.57 Å². The zero-order valence-electron chi connectivity index (χ0n) is 11.7.